The maximum atomic E-state index is 12.7. The van der Waals surface area contributed by atoms with E-state index in [0.29, 0.717) is 11.6 Å². The number of nitro benzene ring substituents is 1. The second-order valence-electron chi connectivity index (χ2n) is 7.83. The van der Waals surface area contributed by atoms with Crippen molar-refractivity contribution in [2.45, 2.75) is 51.2 Å². The van der Waals surface area contributed by atoms with Crippen molar-refractivity contribution in [3.05, 3.63) is 57.8 Å². The van der Waals surface area contributed by atoms with Crippen LogP contribution in [0, 0.1) is 10.1 Å². The number of aromatic nitrogens is 1. The Balaban J connectivity index is 1.45. The molecule has 2 aromatic rings. The van der Waals surface area contributed by atoms with Crippen LogP contribution < -0.4 is 15.0 Å². The first-order chi connectivity index (χ1) is 14.6. The fraction of sp³-hybridized carbons (Fsp3) is 0.455. The van der Waals surface area contributed by atoms with Gasteiger partial charge in [-0.25, -0.2) is 4.98 Å². The molecule has 2 fully saturated rings. The van der Waals surface area contributed by atoms with E-state index in [2.05, 4.69) is 10.3 Å². The molecule has 8 heteroatoms. The van der Waals surface area contributed by atoms with Crippen LogP contribution in [0.25, 0.3) is 0 Å². The SMILES string of the molecule is O=C(NCc1cccnc1OC1CCCC1)c1ccc(N2CCCC2)c([N+](=O)[O-])c1. The van der Waals surface area contributed by atoms with Crippen LogP contribution >= 0.6 is 0 Å². The monoisotopic (exact) mass is 410 g/mol. The molecule has 30 heavy (non-hydrogen) atoms. The molecule has 1 saturated heterocycles. The fourth-order valence-electron chi connectivity index (χ4n) is 4.14. The summed E-state index contributed by atoms with van der Waals surface area (Å²) in [4.78, 5) is 30.1. The number of carbonyl (C=O) groups excluding carboxylic acids is 1. The summed E-state index contributed by atoms with van der Waals surface area (Å²) < 4.78 is 6.01. The zero-order chi connectivity index (χ0) is 20.9. The van der Waals surface area contributed by atoms with Crippen LogP contribution in [0.3, 0.4) is 0 Å². The van der Waals surface area contributed by atoms with Gasteiger partial charge in [-0.15, -0.1) is 0 Å². The van der Waals surface area contributed by atoms with Crippen LogP contribution in [0.15, 0.2) is 36.5 Å². The van der Waals surface area contributed by atoms with Crippen LogP contribution in [0.2, 0.25) is 0 Å². The standard InChI is InChI=1S/C22H26N4O4/c27-21(16-9-10-19(20(14-16)26(28)29)25-12-3-4-13-25)24-15-17-6-5-11-23-22(17)30-18-7-1-2-8-18/h5-6,9-11,14,18H,1-4,7-8,12-13,15H2,(H,24,27). The molecular formula is C22H26N4O4. The van der Waals surface area contributed by atoms with E-state index in [1.165, 1.54) is 6.07 Å². The molecule has 1 amide bonds. The predicted molar refractivity (Wildman–Crippen MR) is 113 cm³/mol. The molecule has 2 heterocycles. The maximum absolute atomic E-state index is 12.7. The zero-order valence-corrected chi connectivity index (χ0v) is 16.9. The maximum Gasteiger partial charge on any atom is 0.293 e. The van der Waals surface area contributed by atoms with E-state index < -0.39 is 4.92 Å². The number of hydrogen-bond donors (Lipinski definition) is 1. The van der Waals surface area contributed by atoms with E-state index in [1.807, 2.05) is 11.0 Å². The number of carbonyl (C=O) groups is 1. The van der Waals surface area contributed by atoms with Crippen molar-refractivity contribution in [1.82, 2.24) is 10.3 Å². The van der Waals surface area contributed by atoms with Crippen molar-refractivity contribution in [2.24, 2.45) is 0 Å². The van der Waals surface area contributed by atoms with Crippen molar-refractivity contribution in [3.63, 3.8) is 0 Å². The second-order valence-corrected chi connectivity index (χ2v) is 7.83. The third-order valence-electron chi connectivity index (χ3n) is 5.75. The highest BCUT2D eigenvalue weighted by atomic mass is 16.6. The lowest BCUT2D eigenvalue weighted by molar-refractivity contribution is -0.384. The Kier molecular flexibility index (Phi) is 6.11. The molecule has 0 bridgehead atoms. The highest BCUT2D eigenvalue weighted by Crippen LogP contribution is 2.32. The van der Waals surface area contributed by atoms with Crippen molar-refractivity contribution in [2.75, 3.05) is 18.0 Å². The van der Waals surface area contributed by atoms with Crippen molar-refractivity contribution in [3.8, 4) is 5.88 Å². The molecule has 2 aliphatic rings. The van der Waals surface area contributed by atoms with Gasteiger partial charge in [0.1, 0.15) is 11.8 Å². The van der Waals surface area contributed by atoms with Gasteiger partial charge in [0.15, 0.2) is 0 Å². The quantitative estimate of drug-likeness (QED) is 0.550. The summed E-state index contributed by atoms with van der Waals surface area (Å²) in [5.74, 6) is 0.182. The number of hydrogen-bond acceptors (Lipinski definition) is 6. The first-order valence-corrected chi connectivity index (χ1v) is 10.5. The third kappa shape index (κ3) is 4.53. The molecule has 1 aromatic carbocycles. The molecule has 0 unspecified atom stereocenters. The molecule has 1 N–H and O–H groups in total. The van der Waals surface area contributed by atoms with Crippen LogP contribution in [0.1, 0.15) is 54.4 Å². The Labute approximate surface area is 175 Å². The summed E-state index contributed by atoms with van der Waals surface area (Å²) in [6, 6.07) is 8.36. The number of rotatable bonds is 7. The molecule has 0 spiro atoms. The number of nitrogens with one attached hydrogen (secondary N) is 1. The van der Waals surface area contributed by atoms with Crippen molar-refractivity contribution in [1.29, 1.82) is 0 Å². The smallest absolute Gasteiger partial charge is 0.293 e. The van der Waals surface area contributed by atoms with Gasteiger partial charge in [-0.3, -0.25) is 14.9 Å². The molecule has 4 rings (SSSR count). The Morgan fingerprint density at radius 3 is 2.70 bits per heavy atom. The molecule has 8 nitrogen and oxygen atoms in total. The lowest BCUT2D eigenvalue weighted by Crippen LogP contribution is -2.24. The Bertz CT molecular complexity index is 921. The Morgan fingerprint density at radius 2 is 1.97 bits per heavy atom. The number of nitro groups is 1. The third-order valence-corrected chi connectivity index (χ3v) is 5.75. The number of anilines is 1. The van der Waals surface area contributed by atoms with Gasteiger partial charge >= 0.3 is 0 Å². The van der Waals surface area contributed by atoms with E-state index in [-0.39, 0.29) is 29.8 Å². The summed E-state index contributed by atoms with van der Waals surface area (Å²) in [5.41, 5.74) is 1.61. The van der Waals surface area contributed by atoms with E-state index >= 15 is 0 Å². The molecule has 0 atom stereocenters. The van der Waals surface area contributed by atoms with Gasteiger partial charge in [0, 0.05) is 43.0 Å². The van der Waals surface area contributed by atoms with E-state index in [9.17, 15) is 14.9 Å². The highest BCUT2D eigenvalue weighted by molar-refractivity contribution is 5.95. The lowest BCUT2D eigenvalue weighted by atomic mass is 10.1. The number of benzene rings is 1. The van der Waals surface area contributed by atoms with Gasteiger partial charge in [-0.05, 0) is 56.7 Å². The molecule has 1 saturated carbocycles. The average molecular weight is 410 g/mol. The predicted octanol–water partition coefficient (Wildman–Crippen LogP) is 3.84. The number of amides is 1. The molecule has 0 radical (unpaired) electrons. The van der Waals surface area contributed by atoms with Gasteiger partial charge in [0.2, 0.25) is 5.88 Å². The zero-order valence-electron chi connectivity index (χ0n) is 16.9. The van der Waals surface area contributed by atoms with Gasteiger partial charge in [-0.2, -0.15) is 0 Å². The minimum atomic E-state index is -0.418. The molecule has 158 valence electrons. The lowest BCUT2D eigenvalue weighted by Gasteiger charge is -2.18. The topological polar surface area (TPSA) is 97.6 Å². The van der Waals surface area contributed by atoms with Gasteiger partial charge in [-0.1, -0.05) is 6.07 Å². The number of nitrogens with zero attached hydrogens (tertiary/aromatic N) is 3. The number of ether oxygens (including phenoxy) is 1. The normalized spacial score (nSPS) is 16.6. The minimum Gasteiger partial charge on any atom is -0.474 e. The van der Waals surface area contributed by atoms with E-state index in [0.717, 1.165) is 57.2 Å². The largest absolute Gasteiger partial charge is 0.474 e. The van der Waals surface area contributed by atoms with Crippen LogP contribution in [-0.4, -0.2) is 35.0 Å². The molecule has 1 aliphatic carbocycles. The van der Waals surface area contributed by atoms with Gasteiger partial charge in [0.05, 0.1) is 4.92 Å². The summed E-state index contributed by atoms with van der Waals surface area (Å²) in [6.07, 6.45) is 8.27. The van der Waals surface area contributed by atoms with Crippen molar-refractivity contribution >= 4 is 17.3 Å². The number of pyridine rings is 1. The van der Waals surface area contributed by atoms with Crippen LogP contribution in [0.5, 0.6) is 5.88 Å². The van der Waals surface area contributed by atoms with Crippen LogP contribution in [-0.2, 0) is 6.54 Å². The Morgan fingerprint density at radius 1 is 1.20 bits per heavy atom. The second kappa shape index (κ2) is 9.11. The van der Waals surface area contributed by atoms with E-state index in [4.69, 9.17) is 4.74 Å². The first kappa shape index (κ1) is 20.1. The van der Waals surface area contributed by atoms with Gasteiger partial charge in [0.25, 0.3) is 11.6 Å². The fourth-order valence-corrected chi connectivity index (χ4v) is 4.14. The average Bonchev–Trinajstić information content (AvgIpc) is 3.47. The van der Waals surface area contributed by atoms with Crippen molar-refractivity contribution < 1.29 is 14.5 Å². The summed E-state index contributed by atoms with van der Waals surface area (Å²) >= 11 is 0. The molecule has 1 aliphatic heterocycles. The van der Waals surface area contributed by atoms with Crippen LogP contribution in [0.4, 0.5) is 11.4 Å². The molecular weight excluding hydrogens is 384 g/mol. The first-order valence-electron chi connectivity index (χ1n) is 10.5. The van der Waals surface area contributed by atoms with Gasteiger partial charge < -0.3 is 15.0 Å². The Hall–Kier alpha value is -3.16. The highest BCUT2D eigenvalue weighted by Gasteiger charge is 2.24. The van der Waals surface area contributed by atoms with E-state index in [1.54, 1.807) is 24.4 Å². The summed E-state index contributed by atoms with van der Waals surface area (Å²) in [7, 11) is 0. The summed E-state index contributed by atoms with van der Waals surface area (Å²) in [5, 5.41) is 14.4. The molecule has 1 aromatic heterocycles. The summed E-state index contributed by atoms with van der Waals surface area (Å²) in [6.45, 7) is 1.85. The minimum absolute atomic E-state index is 0.0313.